The molecule has 4 rings (SSSR count). The van der Waals surface area contributed by atoms with Crippen LogP contribution >= 0.6 is 11.3 Å². The topological polar surface area (TPSA) is 148 Å². The van der Waals surface area contributed by atoms with Crippen LogP contribution in [0.5, 0.6) is 5.88 Å². The van der Waals surface area contributed by atoms with Gasteiger partial charge in [0.15, 0.2) is 5.13 Å². The third kappa shape index (κ3) is 8.24. The number of nitrogens with one attached hydrogen (secondary N) is 1. The Morgan fingerprint density at radius 1 is 1.10 bits per heavy atom. The van der Waals surface area contributed by atoms with Gasteiger partial charge >= 0.3 is 5.97 Å². The number of nitrogens with zero attached hydrogens (tertiary/aromatic N) is 3. The summed E-state index contributed by atoms with van der Waals surface area (Å²) in [6.07, 6.45) is 4.61. The summed E-state index contributed by atoms with van der Waals surface area (Å²) in [5.74, 6) is -0.927. The molecule has 0 aliphatic heterocycles. The summed E-state index contributed by atoms with van der Waals surface area (Å²) in [6.45, 7) is 3.70. The first-order chi connectivity index (χ1) is 20.1. The maximum atomic E-state index is 13.6. The molecule has 2 N–H and O–H groups in total. The summed E-state index contributed by atoms with van der Waals surface area (Å²) in [5, 5.41) is 12.5. The quantitative estimate of drug-likeness (QED) is 0.243. The fourth-order valence-corrected chi connectivity index (χ4v) is 7.37. The zero-order valence-corrected chi connectivity index (χ0v) is 25.7. The molecule has 13 heteroatoms. The highest BCUT2D eigenvalue weighted by molar-refractivity contribution is 7.89. The number of carboxylic acid groups (broad SMARTS) is 1. The molecule has 0 radical (unpaired) electrons. The van der Waals surface area contributed by atoms with E-state index in [1.165, 1.54) is 30.6 Å². The summed E-state index contributed by atoms with van der Waals surface area (Å²) in [7, 11) is -2.45. The van der Waals surface area contributed by atoms with E-state index in [0.29, 0.717) is 39.3 Å². The first kappa shape index (κ1) is 31.8. The molecule has 2 heterocycles. The summed E-state index contributed by atoms with van der Waals surface area (Å²) >= 11 is 1.26. The maximum Gasteiger partial charge on any atom is 0.304 e. The van der Waals surface area contributed by atoms with Crippen molar-refractivity contribution in [3.05, 3.63) is 42.0 Å². The molecule has 1 amide bonds. The van der Waals surface area contributed by atoms with Gasteiger partial charge in [-0.05, 0) is 49.9 Å². The van der Waals surface area contributed by atoms with Crippen LogP contribution in [0.4, 0.5) is 5.13 Å². The SMILES string of the molecule is COc1ccc2nc(NC(=O)[C@@H](CC3CCCC3)c3ccc(S(=O)(=O)N(CCOC(C)C)CCC(=O)O)cc3)sc2n1. The van der Waals surface area contributed by atoms with Crippen molar-refractivity contribution < 1.29 is 32.6 Å². The zero-order valence-electron chi connectivity index (χ0n) is 24.1. The monoisotopic (exact) mass is 618 g/mol. The molecular weight excluding hydrogens is 580 g/mol. The first-order valence-corrected chi connectivity index (χ1v) is 16.4. The van der Waals surface area contributed by atoms with E-state index >= 15 is 0 Å². The number of ether oxygens (including phenoxy) is 2. The van der Waals surface area contributed by atoms with Crippen LogP contribution in [0.1, 0.15) is 63.9 Å². The number of pyridine rings is 1. The molecule has 0 bridgehead atoms. The van der Waals surface area contributed by atoms with Crippen molar-refractivity contribution in [2.75, 3.05) is 32.1 Å². The summed E-state index contributed by atoms with van der Waals surface area (Å²) in [6, 6.07) is 9.84. The van der Waals surface area contributed by atoms with E-state index < -0.39 is 21.9 Å². The minimum atomic E-state index is -3.98. The molecule has 1 fully saturated rings. The minimum Gasteiger partial charge on any atom is -0.481 e. The van der Waals surface area contributed by atoms with Crippen LogP contribution < -0.4 is 10.1 Å². The molecule has 2 aromatic heterocycles. The van der Waals surface area contributed by atoms with E-state index in [9.17, 15) is 18.0 Å². The number of rotatable bonds is 15. The van der Waals surface area contributed by atoms with Crippen molar-refractivity contribution in [1.82, 2.24) is 14.3 Å². The number of fused-ring (bicyclic) bond motifs is 1. The van der Waals surface area contributed by atoms with Gasteiger partial charge in [0.2, 0.25) is 21.8 Å². The largest absolute Gasteiger partial charge is 0.481 e. The van der Waals surface area contributed by atoms with Crippen molar-refractivity contribution in [3.8, 4) is 5.88 Å². The van der Waals surface area contributed by atoms with Gasteiger partial charge in [0, 0.05) is 19.2 Å². The smallest absolute Gasteiger partial charge is 0.304 e. The lowest BCUT2D eigenvalue weighted by molar-refractivity contribution is -0.137. The molecule has 1 aliphatic rings. The second-order valence-corrected chi connectivity index (χ2v) is 13.6. The number of aliphatic carboxylic acids is 1. The Balaban J connectivity index is 1.55. The number of carboxylic acids is 1. The number of thiazole rings is 1. The summed E-state index contributed by atoms with van der Waals surface area (Å²) in [5.41, 5.74) is 1.36. The number of anilines is 1. The molecule has 42 heavy (non-hydrogen) atoms. The highest BCUT2D eigenvalue weighted by Gasteiger charge is 2.29. The van der Waals surface area contributed by atoms with Crippen LogP contribution in [0.2, 0.25) is 0 Å². The van der Waals surface area contributed by atoms with Gasteiger partial charge in [0.25, 0.3) is 0 Å². The predicted molar refractivity (Wildman–Crippen MR) is 160 cm³/mol. The Hall–Kier alpha value is -3.13. The average Bonchev–Trinajstić information content (AvgIpc) is 3.62. The molecule has 11 nitrogen and oxygen atoms in total. The highest BCUT2D eigenvalue weighted by atomic mass is 32.2. The van der Waals surface area contributed by atoms with Crippen LogP contribution in [0.25, 0.3) is 10.3 Å². The zero-order chi connectivity index (χ0) is 30.3. The highest BCUT2D eigenvalue weighted by Crippen LogP contribution is 2.36. The third-order valence-corrected chi connectivity index (χ3v) is 10.1. The Morgan fingerprint density at radius 3 is 2.45 bits per heavy atom. The van der Waals surface area contributed by atoms with Crippen molar-refractivity contribution in [1.29, 1.82) is 0 Å². The van der Waals surface area contributed by atoms with Crippen LogP contribution in [0.3, 0.4) is 0 Å². The van der Waals surface area contributed by atoms with Gasteiger partial charge < -0.3 is 19.9 Å². The molecule has 228 valence electrons. The Bertz CT molecular complexity index is 1470. The molecule has 1 saturated carbocycles. The van der Waals surface area contributed by atoms with E-state index in [1.807, 2.05) is 13.8 Å². The molecule has 1 aliphatic carbocycles. The lowest BCUT2D eigenvalue weighted by atomic mass is 9.87. The van der Waals surface area contributed by atoms with Gasteiger partial charge in [-0.1, -0.05) is 49.2 Å². The molecular formula is C29H38N4O7S2. The lowest BCUT2D eigenvalue weighted by Gasteiger charge is -2.23. The van der Waals surface area contributed by atoms with E-state index in [4.69, 9.17) is 14.6 Å². The number of carbonyl (C=O) groups excluding carboxylic acids is 1. The summed E-state index contributed by atoms with van der Waals surface area (Å²) < 4.78 is 38.8. The fraction of sp³-hybridized carbons (Fsp3) is 0.517. The molecule has 3 aromatic rings. The number of aromatic nitrogens is 2. The average molecular weight is 619 g/mol. The van der Waals surface area contributed by atoms with Gasteiger partial charge in [-0.2, -0.15) is 4.31 Å². The second-order valence-electron chi connectivity index (χ2n) is 10.7. The predicted octanol–water partition coefficient (Wildman–Crippen LogP) is 4.89. The van der Waals surface area contributed by atoms with Gasteiger partial charge in [-0.3, -0.25) is 9.59 Å². The minimum absolute atomic E-state index is 0.0329. The number of carbonyl (C=O) groups is 2. The Kier molecular flexibility index (Phi) is 10.9. The maximum absolute atomic E-state index is 13.6. The van der Waals surface area contributed by atoms with E-state index in [1.54, 1.807) is 24.3 Å². The molecule has 1 atom stereocenters. The van der Waals surface area contributed by atoms with Crippen LogP contribution in [0.15, 0.2) is 41.3 Å². The number of methoxy groups -OCH3 is 1. The number of amides is 1. The van der Waals surface area contributed by atoms with Crippen molar-refractivity contribution in [3.63, 3.8) is 0 Å². The number of hydrogen-bond donors (Lipinski definition) is 2. The lowest BCUT2D eigenvalue weighted by Crippen LogP contribution is -2.36. The van der Waals surface area contributed by atoms with Crippen molar-refractivity contribution in [2.45, 2.75) is 69.3 Å². The fourth-order valence-electron chi connectivity index (χ4n) is 5.12. The van der Waals surface area contributed by atoms with E-state index in [-0.39, 0.29) is 43.0 Å². The first-order valence-electron chi connectivity index (χ1n) is 14.1. The molecule has 1 aromatic carbocycles. The van der Waals surface area contributed by atoms with Crippen LogP contribution in [-0.2, 0) is 24.3 Å². The van der Waals surface area contributed by atoms with Gasteiger partial charge in [0.05, 0.1) is 37.1 Å². The van der Waals surface area contributed by atoms with Crippen molar-refractivity contribution >= 4 is 48.7 Å². The second kappa shape index (κ2) is 14.4. The van der Waals surface area contributed by atoms with Gasteiger partial charge in [-0.25, -0.2) is 18.4 Å². The Morgan fingerprint density at radius 2 is 1.81 bits per heavy atom. The Labute approximate surface area is 250 Å². The number of sulfonamides is 1. The van der Waals surface area contributed by atoms with E-state index in [2.05, 4.69) is 15.3 Å². The third-order valence-electron chi connectivity index (χ3n) is 7.32. The van der Waals surface area contributed by atoms with Gasteiger partial charge in [-0.15, -0.1) is 0 Å². The molecule has 0 spiro atoms. The van der Waals surface area contributed by atoms with Gasteiger partial charge in [0.1, 0.15) is 10.3 Å². The van der Waals surface area contributed by atoms with Crippen LogP contribution in [0, 0.1) is 5.92 Å². The molecule has 0 saturated heterocycles. The van der Waals surface area contributed by atoms with Crippen LogP contribution in [-0.4, -0.2) is 72.6 Å². The standard InChI is InChI=1S/C29H38N4O7S2/c1-19(2)40-17-16-33(15-14-26(34)35)42(37,38)22-10-8-21(9-11-22)23(18-20-6-4-5-7-20)27(36)32-29-30-24-12-13-25(39-3)31-28(24)41-29/h8-13,19-20,23H,4-7,14-18H2,1-3H3,(H,34,35)(H,30,32,36)/t23-/m0/s1. The van der Waals surface area contributed by atoms with E-state index in [0.717, 1.165) is 30.0 Å². The summed E-state index contributed by atoms with van der Waals surface area (Å²) in [4.78, 5) is 34.4. The number of benzene rings is 1. The molecule has 0 unspecified atom stereocenters. The number of hydrogen-bond acceptors (Lipinski definition) is 9. The van der Waals surface area contributed by atoms with Crippen molar-refractivity contribution in [2.24, 2.45) is 5.92 Å². The normalized spacial score (nSPS) is 15.0.